The molecular formula is C15H9N3O. The van der Waals surface area contributed by atoms with E-state index in [2.05, 4.69) is 9.78 Å². The van der Waals surface area contributed by atoms with Crippen LogP contribution in [0.2, 0.25) is 0 Å². The third-order valence-corrected chi connectivity index (χ3v) is 3.05. The molecule has 0 N–H and O–H groups in total. The first-order valence-corrected chi connectivity index (χ1v) is 5.80. The lowest BCUT2D eigenvalue weighted by Crippen LogP contribution is -2.10. The van der Waals surface area contributed by atoms with Crippen LogP contribution in [0.1, 0.15) is 5.56 Å². The fourth-order valence-electron chi connectivity index (χ4n) is 2.21. The van der Waals surface area contributed by atoms with Gasteiger partial charge in [-0.3, -0.25) is 4.79 Å². The van der Waals surface area contributed by atoms with Gasteiger partial charge in [-0.05, 0) is 6.08 Å². The monoisotopic (exact) mass is 247 g/mol. The molecule has 0 saturated carbocycles. The van der Waals surface area contributed by atoms with E-state index in [9.17, 15) is 4.79 Å². The average Bonchev–Trinajstić information content (AvgIpc) is 2.86. The SMILES string of the molecule is [N-]=[N+]=C1C=CC=C2N=C(c3ccccc3)C(C=O)=C21. The Morgan fingerprint density at radius 1 is 1.21 bits per heavy atom. The molecule has 1 heterocycles. The Morgan fingerprint density at radius 2 is 2.00 bits per heavy atom. The number of hydrogen-bond donors (Lipinski definition) is 0. The van der Waals surface area contributed by atoms with E-state index in [-0.39, 0.29) is 0 Å². The van der Waals surface area contributed by atoms with Crippen LogP contribution in [-0.2, 0) is 4.79 Å². The van der Waals surface area contributed by atoms with E-state index >= 15 is 0 Å². The highest BCUT2D eigenvalue weighted by molar-refractivity contribution is 6.32. The standard InChI is InChI=1S/C15H9N3O/c16-18-13-8-4-7-12-14(13)11(9-19)15(17-12)10-5-2-1-3-6-10/h1-9H. The molecule has 0 bridgehead atoms. The summed E-state index contributed by atoms with van der Waals surface area (Å²) >= 11 is 0. The fourth-order valence-corrected chi connectivity index (χ4v) is 2.21. The van der Waals surface area contributed by atoms with Gasteiger partial charge in [0.2, 0.25) is 0 Å². The summed E-state index contributed by atoms with van der Waals surface area (Å²) in [7, 11) is 0. The van der Waals surface area contributed by atoms with Crippen molar-refractivity contribution in [2.75, 3.05) is 0 Å². The van der Waals surface area contributed by atoms with Crippen molar-refractivity contribution in [2.45, 2.75) is 0 Å². The molecular weight excluding hydrogens is 238 g/mol. The van der Waals surface area contributed by atoms with Crippen molar-refractivity contribution in [3.05, 3.63) is 76.5 Å². The Balaban J connectivity index is 2.23. The lowest BCUT2D eigenvalue weighted by molar-refractivity contribution is -0.104. The maximum atomic E-state index is 11.4. The number of allylic oxidation sites excluding steroid dienone is 5. The molecule has 0 radical (unpaired) electrons. The lowest BCUT2D eigenvalue weighted by Gasteiger charge is -2.01. The van der Waals surface area contributed by atoms with Crippen molar-refractivity contribution < 1.29 is 9.58 Å². The molecule has 4 nitrogen and oxygen atoms in total. The second kappa shape index (κ2) is 4.44. The molecule has 0 aromatic heterocycles. The highest BCUT2D eigenvalue weighted by atomic mass is 16.1. The Bertz CT molecular complexity index is 730. The van der Waals surface area contributed by atoms with Crippen LogP contribution in [-0.4, -0.2) is 22.5 Å². The molecule has 0 spiro atoms. The van der Waals surface area contributed by atoms with Crippen LogP contribution in [0.4, 0.5) is 0 Å². The Labute approximate surface area is 109 Å². The number of nitrogens with zero attached hydrogens (tertiary/aromatic N) is 3. The van der Waals surface area contributed by atoms with Crippen molar-refractivity contribution in [3.63, 3.8) is 0 Å². The van der Waals surface area contributed by atoms with Gasteiger partial charge in [0.15, 0.2) is 6.29 Å². The maximum absolute atomic E-state index is 11.4. The minimum atomic E-state index is 0.356. The van der Waals surface area contributed by atoms with Crippen molar-refractivity contribution in [2.24, 2.45) is 4.99 Å². The van der Waals surface area contributed by atoms with E-state index in [0.29, 0.717) is 28.3 Å². The minimum absolute atomic E-state index is 0.356. The number of carbonyl (C=O) groups is 1. The zero-order valence-electron chi connectivity index (χ0n) is 9.95. The predicted molar refractivity (Wildman–Crippen MR) is 71.9 cm³/mol. The van der Waals surface area contributed by atoms with Gasteiger partial charge in [-0.25, -0.2) is 4.99 Å². The third-order valence-electron chi connectivity index (χ3n) is 3.05. The van der Waals surface area contributed by atoms with Crippen molar-refractivity contribution in [1.29, 1.82) is 0 Å². The molecule has 1 aromatic carbocycles. The van der Waals surface area contributed by atoms with E-state index in [1.807, 2.05) is 30.3 Å². The summed E-state index contributed by atoms with van der Waals surface area (Å²) in [6.07, 6.45) is 5.94. The molecule has 0 atom stereocenters. The Kier molecular flexibility index (Phi) is 2.63. The number of rotatable bonds is 2. The van der Waals surface area contributed by atoms with Gasteiger partial charge in [0, 0.05) is 11.6 Å². The quantitative estimate of drug-likeness (QED) is 0.448. The first-order valence-electron chi connectivity index (χ1n) is 5.80. The van der Waals surface area contributed by atoms with Gasteiger partial charge >= 0.3 is 5.71 Å². The fraction of sp³-hybridized carbons (Fsp3) is 0. The normalized spacial score (nSPS) is 16.7. The highest BCUT2D eigenvalue weighted by Crippen LogP contribution is 2.30. The molecule has 1 aliphatic carbocycles. The summed E-state index contributed by atoms with van der Waals surface area (Å²) in [5.74, 6) is 0. The van der Waals surface area contributed by atoms with Gasteiger partial charge in [-0.1, -0.05) is 36.4 Å². The Hall–Kier alpha value is -2.84. The van der Waals surface area contributed by atoms with Crippen LogP contribution >= 0.6 is 0 Å². The molecule has 4 heteroatoms. The number of aldehydes is 1. The van der Waals surface area contributed by atoms with Crippen molar-refractivity contribution >= 4 is 17.7 Å². The van der Waals surface area contributed by atoms with E-state index < -0.39 is 0 Å². The number of aliphatic imine (C=N–C) groups is 1. The molecule has 1 aromatic rings. The zero-order chi connectivity index (χ0) is 13.2. The van der Waals surface area contributed by atoms with Crippen LogP contribution in [0.5, 0.6) is 0 Å². The molecule has 2 aliphatic rings. The molecule has 0 unspecified atom stereocenters. The minimum Gasteiger partial charge on any atom is -0.361 e. The summed E-state index contributed by atoms with van der Waals surface area (Å²) in [6, 6.07) is 9.47. The maximum Gasteiger partial charge on any atom is 0.325 e. The van der Waals surface area contributed by atoms with Crippen LogP contribution in [0, 0.1) is 0 Å². The summed E-state index contributed by atoms with van der Waals surface area (Å²) in [5.41, 5.74) is 12.5. The van der Waals surface area contributed by atoms with Crippen LogP contribution in [0.3, 0.4) is 0 Å². The van der Waals surface area contributed by atoms with E-state index in [1.54, 1.807) is 18.2 Å². The second-order valence-corrected chi connectivity index (χ2v) is 4.13. The van der Waals surface area contributed by atoms with E-state index in [4.69, 9.17) is 5.53 Å². The molecule has 0 saturated heterocycles. The third kappa shape index (κ3) is 1.71. The van der Waals surface area contributed by atoms with Crippen LogP contribution in [0.15, 0.2) is 70.4 Å². The number of benzene rings is 1. The largest absolute Gasteiger partial charge is 0.361 e. The molecule has 3 rings (SSSR count). The van der Waals surface area contributed by atoms with Gasteiger partial charge in [-0.2, -0.15) is 4.79 Å². The smallest absolute Gasteiger partial charge is 0.325 e. The number of carbonyl (C=O) groups excluding carboxylic acids is 1. The Morgan fingerprint density at radius 3 is 2.68 bits per heavy atom. The summed E-state index contributed by atoms with van der Waals surface area (Å²) in [6.45, 7) is 0. The van der Waals surface area contributed by atoms with Crippen molar-refractivity contribution in [1.82, 2.24) is 0 Å². The van der Waals surface area contributed by atoms with E-state index in [0.717, 1.165) is 11.8 Å². The van der Waals surface area contributed by atoms with Crippen LogP contribution < -0.4 is 0 Å². The molecule has 0 amide bonds. The number of hydrogen-bond acceptors (Lipinski definition) is 2. The summed E-state index contributed by atoms with van der Waals surface area (Å²) in [5, 5.41) is 0. The van der Waals surface area contributed by atoms with Gasteiger partial charge < -0.3 is 5.53 Å². The van der Waals surface area contributed by atoms with Crippen molar-refractivity contribution in [3.8, 4) is 0 Å². The lowest BCUT2D eigenvalue weighted by atomic mass is 9.95. The van der Waals surface area contributed by atoms with Crippen LogP contribution in [0.25, 0.3) is 5.53 Å². The highest BCUT2D eigenvalue weighted by Gasteiger charge is 2.32. The molecule has 19 heavy (non-hydrogen) atoms. The predicted octanol–water partition coefficient (Wildman–Crippen LogP) is 2.11. The molecule has 90 valence electrons. The molecule has 0 fully saturated rings. The van der Waals surface area contributed by atoms with E-state index in [1.165, 1.54) is 0 Å². The summed E-state index contributed by atoms with van der Waals surface area (Å²) < 4.78 is 0. The summed E-state index contributed by atoms with van der Waals surface area (Å²) in [4.78, 5) is 19.1. The second-order valence-electron chi connectivity index (χ2n) is 4.13. The average molecular weight is 247 g/mol. The molecule has 1 aliphatic heterocycles. The first kappa shape index (κ1) is 11.3. The zero-order valence-corrected chi connectivity index (χ0v) is 9.95. The van der Waals surface area contributed by atoms with Gasteiger partial charge in [-0.15, -0.1) is 0 Å². The van der Waals surface area contributed by atoms with Gasteiger partial charge in [0.1, 0.15) is 5.57 Å². The number of fused-ring (bicyclic) bond motifs is 1. The van der Waals surface area contributed by atoms with Gasteiger partial charge in [0.05, 0.1) is 17.0 Å². The van der Waals surface area contributed by atoms with Gasteiger partial charge in [0.25, 0.3) is 0 Å². The first-order chi connectivity index (χ1) is 9.35. The topological polar surface area (TPSA) is 65.8 Å².